The number of fused-ring (bicyclic) bond motifs is 1. The Balaban J connectivity index is 1.98. The van der Waals surface area contributed by atoms with Gasteiger partial charge in [0.05, 0.1) is 13.2 Å². The molecule has 0 aliphatic rings. The van der Waals surface area contributed by atoms with Gasteiger partial charge in [0.2, 0.25) is 0 Å². The molecule has 2 aromatic carbocycles. The van der Waals surface area contributed by atoms with Crippen LogP contribution < -0.4 is 4.74 Å². The molecular formula is C14H16O3. The summed E-state index contributed by atoms with van der Waals surface area (Å²) < 4.78 is 15.8. The molecule has 3 nitrogen and oxygen atoms in total. The van der Waals surface area contributed by atoms with Crippen molar-refractivity contribution >= 4 is 10.8 Å². The van der Waals surface area contributed by atoms with E-state index < -0.39 is 0 Å². The fraction of sp³-hybridized carbons (Fsp3) is 0.286. The molecule has 0 aliphatic heterocycles. The van der Waals surface area contributed by atoms with Gasteiger partial charge in [0.15, 0.2) is 6.79 Å². The summed E-state index contributed by atoms with van der Waals surface area (Å²) in [7, 11) is 1.65. The van der Waals surface area contributed by atoms with E-state index in [4.69, 9.17) is 14.2 Å². The van der Waals surface area contributed by atoms with Gasteiger partial charge in [-0.3, -0.25) is 0 Å². The molecule has 0 fully saturated rings. The second-order valence-electron chi connectivity index (χ2n) is 3.64. The van der Waals surface area contributed by atoms with E-state index in [1.54, 1.807) is 7.11 Å². The maximum atomic E-state index is 5.59. The van der Waals surface area contributed by atoms with Gasteiger partial charge in [-0.2, -0.15) is 0 Å². The van der Waals surface area contributed by atoms with Crippen LogP contribution >= 0.6 is 0 Å². The van der Waals surface area contributed by atoms with Gasteiger partial charge in [-0.15, -0.1) is 0 Å². The molecule has 0 heterocycles. The molecular weight excluding hydrogens is 216 g/mol. The Hall–Kier alpha value is -1.58. The molecule has 2 rings (SSSR count). The molecule has 0 aromatic heterocycles. The third-order valence-electron chi connectivity index (χ3n) is 2.48. The van der Waals surface area contributed by atoms with Gasteiger partial charge in [0, 0.05) is 12.5 Å². The Morgan fingerprint density at radius 2 is 1.76 bits per heavy atom. The highest BCUT2D eigenvalue weighted by Crippen LogP contribution is 2.24. The molecule has 2 aromatic rings. The molecule has 0 unspecified atom stereocenters. The van der Waals surface area contributed by atoms with Crippen LogP contribution in [0.15, 0.2) is 42.5 Å². The van der Waals surface area contributed by atoms with Crippen LogP contribution in [0.2, 0.25) is 0 Å². The SMILES string of the molecule is COCCOCOc1cccc2ccccc12. The number of hydrogen-bond donors (Lipinski definition) is 0. The van der Waals surface area contributed by atoms with E-state index in [2.05, 4.69) is 12.1 Å². The highest BCUT2D eigenvalue weighted by Gasteiger charge is 2.00. The summed E-state index contributed by atoms with van der Waals surface area (Å²) >= 11 is 0. The van der Waals surface area contributed by atoms with Crippen molar-refractivity contribution in [1.82, 2.24) is 0 Å². The first kappa shape index (κ1) is 11.9. The molecule has 0 aliphatic carbocycles. The van der Waals surface area contributed by atoms with Crippen LogP contribution in [0.1, 0.15) is 0 Å². The number of hydrogen-bond acceptors (Lipinski definition) is 3. The summed E-state index contributed by atoms with van der Waals surface area (Å²) in [6, 6.07) is 14.1. The largest absolute Gasteiger partial charge is 0.467 e. The van der Waals surface area contributed by atoms with Gasteiger partial charge >= 0.3 is 0 Å². The van der Waals surface area contributed by atoms with Crippen LogP contribution in [0.25, 0.3) is 10.8 Å². The van der Waals surface area contributed by atoms with E-state index in [1.807, 2.05) is 30.3 Å². The normalized spacial score (nSPS) is 10.6. The van der Waals surface area contributed by atoms with E-state index in [9.17, 15) is 0 Å². The molecule has 0 spiro atoms. The second-order valence-corrected chi connectivity index (χ2v) is 3.64. The Bertz CT molecular complexity index is 462. The fourth-order valence-electron chi connectivity index (χ4n) is 1.63. The Morgan fingerprint density at radius 3 is 2.65 bits per heavy atom. The van der Waals surface area contributed by atoms with Crippen molar-refractivity contribution in [3.8, 4) is 5.75 Å². The zero-order chi connectivity index (χ0) is 11.9. The van der Waals surface area contributed by atoms with E-state index in [0.29, 0.717) is 13.2 Å². The Morgan fingerprint density at radius 1 is 0.941 bits per heavy atom. The zero-order valence-corrected chi connectivity index (χ0v) is 9.89. The molecule has 0 N–H and O–H groups in total. The first-order chi connectivity index (χ1) is 8.42. The van der Waals surface area contributed by atoms with Crippen molar-refractivity contribution in [3.05, 3.63) is 42.5 Å². The van der Waals surface area contributed by atoms with Crippen LogP contribution in [0.3, 0.4) is 0 Å². The summed E-state index contributed by atoms with van der Waals surface area (Å²) in [5, 5.41) is 2.27. The van der Waals surface area contributed by atoms with E-state index in [1.165, 1.54) is 5.39 Å². The van der Waals surface area contributed by atoms with Crippen LogP contribution in [0.4, 0.5) is 0 Å². The molecule has 0 radical (unpaired) electrons. The zero-order valence-electron chi connectivity index (χ0n) is 9.89. The molecule has 0 bridgehead atoms. The van der Waals surface area contributed by atoms with E-state index >= 15 is 0 Å². The maximum Gasteiger partial charge on any atom is 0.189 e. The number of ether oxygens (including phenoxy) is 3. The molecule has 90 valence electrons. The predicted molar refractivity (Wildman–Crippen MR) is 67.3 cm³/mol. The molecule has 17 heavy (non-hydrogen) atoms. The topological polar surface area (TPSA) is 27.7 Å². The van der Waals surface area contributed by atoms with Crippen LogP contribution in [-0.4, -0.2) is 27.1 Å². The summed E-state index contributed by atoms with van der Waals surface area (Å²) in [5.74, 6) is 0.848. The number of benzene rings is 2. The van der Waals surface area contributed by atoms with Gasteiger partial charge in [0.25, 0.3) is 0 Å². The summed E-state index contributed by atoms with van der Waals surface area (Å²) in [5.41, 5.74) is 0. The number of methoxy groups -OCH3 is 1. The summed E-state index contributed by atoms with van der Waals surface area (Å²) in [6.45, 7) is 1.37. The van der Waals surface area contributed by atoms with Crippen LogP contribution in [0.5, 0.6) is 5.75 Å². The minimum atomic E-state index is 0.247. The van der Waals surface area contributed by atoms with Crippen molar-refractivity contribution in [2.24, 2.45) is 0 Å². The quantitative estimate of drug-likeness (QED) is 0.566. The van der Waals surface area contributed by atoms with Gasteiger partial charge in [-0.1, -0.05) is 36.4 Å². The van der Waals surface area contributed by atoms with Crippen LogP contribution in [-0.2, 0) is 9.47 Å². The summed E-state index contributed by atoms with van der Waals surface area (Å²) in [6.07, 6.45) is 0. The molecule has 0 saturated carbocycles. The maximum absolute atomic E-state index is 5.59. The third-order valence-corrected chi connectivity index (χ3v) is 2.48. The standard InChI is InChI=1S/C14H16O3/c1-15-9-10-16-11-17-14-8-4-6-12-5-2-3-7-13(12)14/h2-8H,9-11H2,1H3. The smallest absolute Gasteiger partial charge is 0.189 e. The lowest BCUT2D eigenvalue weighted by atomic mass is 10.1. The highest BCUT2D eigenvalue weighted by atomic mass is 16.7. The predicted octanol–water partition coefficient (Wildman–Crippen LogP) is 2.84. The molecule has 0 saturated heterocycles. The second kappa shape index (κ2) is 6.23. The van der Waals surface area contributed by atoms with Crippen molar-refractivity contribution in [2.45, 2.75) is 0 Å². The summed E-state index contributed by atoms with van der Waals surface area (Å²) in [4.78, 5) is 0. The average Bonchev–Trinajstić information content (AvgIpc) is 2.39. The molecule has 0 atom stereocenters. The minimum absolute atomic E-state index is 0.247. The first-order valence-electron chi connectivity index (χ1n) is 5.59. The minimum Gasteiger partial charge on any atom is -0.467 e. The van der Waals surface area contributed by atoms with Crippen molar-refractivity contribution in [2.75, 3.05) is 27.1 Å². The van der Waals surface area contributed by atoms with Crippen molar-refractivity contribution in [3.63, 3.8) is 0 Å². The van der Waals surface area contributed by atoms with Crippen molar-refractivity contribution < 1.29 is 14.2 Å². The Kier molecular flexibility index (Phi) is 4.36. The van der Waals surface area contributed by atoms with Gasteiger partial charge < -0.3 is 14.2 Å². The average molecular weight is 232 g/mol. The molecule has 3 heteroatoms. The first-order valence-corrected chi connectivity index (χ1v) is 5.59. The third kappa shape index (κ3) is 3.19. The van der Waals surface area contributed by atoms with Gasteiger partial charge in [-0.25, -0.2) is 0 Å². The highest BCUT2D eigenvalue weighted by molar-refractivity contribution is 5.88. The monoisotopic (exact) mass is 232 g/mol. The lowest BCUT2D eigenvalue weighted by Gasteiger charge is -2.09. The van der Waals surface area contributed by atoms with Gasteiger partial charge in [0.1, 0.15) is 5.75 Å². The van der Waals surface area contributed by atoms with Gasteiger partial charge in [-0.05, 0) is 11.5 Å². The lowest BCUT2D eigenvalue weighted by molar-refractivity contribution is -0.00779. The number of rotatable bonds is 6. The van der Waals surface area contributed by atoms with Crippen molar-refractivity contribution in [1.29, 1.82) is 0 Å². The van der Waals surface area contributed by atoms with E-state index in [0.717, 1.165) is 11.1 Å². The van der Waals surface area contributed by atoms with Crippen LogP contribution in [0, 0.1) is 0 Å². The Labute approximate surface area is 101 Å². The van der Waals surface area contributed by atoms with E-state index in [-0.39, 0.29) is 6.79 Å². The molecule has 0 amide bonds. The lowest BCUT2D eigenvalue weighted by Crippen LogP contribution is -2.07. The fourth-order valence-corrected chi connectivity index (χ4v) is 1.63.